The van der Waals surface area contributed by atoms with Crippen molar-refractivity contribution in [2.24, 2.45) is 0 Å². The molecule has 0 N–H and O–H groups in total. The zero-order chi connectivity index (χ0) is 22.5. The Bertz CT molecular complexity index is 1530. The monoisotopic (exact) mass is 462 g/mol. The number of hydrogen-bond acceptors (Lipinski definition) is 4. The Morgan fingerprint density at radius 2 is 1.53 bits per heavy atom. The lowest BCUT2D eigenvalue weighted by atomic mass is 10.0. The largest absolute Gasteiger partial charge is 0.268 e. The molecule has 160 valence electrons. The molecule has 0 aliphatic rings. The normalized spacial score (nSPS) is 11.8. The van der Waals surface area contributed by atoms with Crippen molar-refractivity contribution in [1.82, 2.24) is 18.6 Å². The minimum Gasteiger partial charge on any atom is -0.244 e. The summed E-state index contributed by atoms with van der Waals surface area (Å²) in [6.45, 7) is 3.56. The van der Waals surface area contributed by atoms with Crippen LogP contribution in [0.5, 0.6) is 0 Å². The molecule has 0 aliphatic heterocycles. The summed E-state index contributed by atoms with van der Waals surface area (Å²) in [7, 11) is -3.68. The minimum atomic E-state index is -3.68. The van der Waals surface area contributed by atoms with Gasteiger partial charge in [-0.25, -0.2) is 21.9 Å². The average molecular weight is 463 g/mol. The number of fused-ring (bicyclic) bond motifs is 1. The molecule has 32 heavy (non-hydrogen) atoms. The van der Waals surface area contributed by atoms with Crippen LogP contribution < -0.4 is 0 Å². The molecule has 4 aromatic heterocycles. The molecule has 5 aromatic rings. The molecule has 5 rings (SSSR count). The highest BCUT2D eigenvalue weighted by atomic mass is 35.5. The summed E-state index contributed by atoms with van der Waals surface area (Å²) in [6.07, 6.45) is 3.56. The molecule has 0 atom stereocenters. The first-order valence-electron chi connectivity index (χ1n) is 9.96. The smallest absolute Gasteiger partial charge is 0.244 e. The van der Waals surface area contributed by atoms with Crippen LogP contribution in [-0.4, -0.2) is 27.0 Å². The van der Waals surface area contributed by atoms with E-state index in [2.05, 4.69) is 4.98 Å². The summed E-state index contributed by atoms with van der Waals surface area (Å²) < 4.78 is 29.6. The number of hydrogen-bond donors (Lipinski definition) is 0. The second-order valence-corrected chi connectivity index (χ2v) is 9.71. The van der Waals surface area contributed by atoms with Crippen LogP contribution in [0.2, 0.25) is 5.15 Å². The van der Waals surface area contributed by atoms with Gasteiger partial charge in [-0.1, -0.05) is 29.8 Å². The number of halogens is 1. The fourth-order valence-electron chi connectivity index (χ4n) is 3.93. The molecule has 1 aromatic carbocycles. The standard InChI is InChI=1S/C24H19ClN4O2S/c1-16-6-7-17(2)29(16)32(30,31)20-11-8-18(9-12-20)23-21-5-3-4-14-28(21)27-24(23)19-10-13-22(25)26-15-19/h3-15H,1-2H3. The Labute approximate surface area is 190 Å². The van der Waals surface area contributed by atoms with Gasteiger partial charge in [-0.3, -0.25) is 0 Å². The van der Waals surface area contributed by atoms with E-state index in [4.69, 9.17) is 16.7 Å². The Morgan fingerprint density at radius 1 is 0.844 bits per heavy atom. The van der Waals surface area contributed by atoms with Crippen molar-refractivity contribution < 1.29 is 8.42 Å². The minimum absolute atomic E-state index is 0.231. The summed E-state index contributed by atoms with van der Waals surface area (Å²) in [6, 6.07) is 19.9. The van der Waals surface area contributed by atoms with E-state index >= 15 is 0 Å². The van der Waals surface area contributed by atoms with Crippen LogP contribution in [0.3, 0.4) is 0 Å². The van der Waals surface area contributed by atoms with Crippen molar-refractivity contribution in [3.05, 3.63) is 95.7 Å². The van der Waals surface area contributed by atoms with Crippen molar-refractivity contribution in [1.29, 1.82) is 0 Å². The number of nitrogens with zero attached hydrogens (tertiary/aromatic N) is 4. The molecular formula is C24H19ClN4O2S. The molecule has 0 saturated heterocycles. The zero-order valence-corrected chi connectivity index (χ0v) is 19.0. The Kier molecular flexibility index (Phi) is 4.87. The maximum atomic E-state index is 13.2. The van der Waals surface area contributed by atoms with Crippen molar-refractivity contribution in [3.63, 3.8) is 0 Å². The number of pyridine rings is 2. The molecule has 0 radical (unpaired) electrons. The second-order valence-electron chi connectivity index (χ2n) is 7.53. The highest BCUT2D eigenvalue weighted by Crippen LogP contribution is 2.35. The second kappa shape index (κ2) is 7.62. The molecule has 6 nitrogen and oxygen atoms in total. The van der Waals surface area contributed by atoms with Crippen molar-refractivity contribution in [2.45, 2.75) is 18.7 Å². The lowest BCUT2D eigenvalue weighted by molar-refractivity contribution is 0.585. The third-order valence-electron chi connectivity index (χ3n) is 5.43. The van der Waals surface area contributed by atoms with E-state index in [1.54, 1.807) is 54.9 Å². The van der Waals surface area contributed by atoms with E-state index in [1.165, 1.54) is 3.97 Å². The van der Waals surface area contributed by atoms with Crippen LogP contribution in [0.4, 0.5) is 0 Å². The van der Waals surface area contributed by atoms with Crippen molar-refractivity contribution >= 4 is 27.1 Å². The van der Waals surface area contributed by atoms with Crippen molar-refractivity contribution in [2.75, 3.05) is 0 Å². The average Bonchev–Trinajstić information content (AvgIpc) is 3.34. The predicted octanol–water partition coefficient (Wildman–Crippen LogP) is 5.37. The quantitative estimate of drug-likeness (QED) is 0.336. The van der Waals surface area contributed by atoms with E-state index in [9.17, 15) is 8.42 Å². The zero-order valence-electron chi connectivity index (χ0n) is 17.4. The third-order valence-corrected chi connectivity index (χ3v) is 7.58. The SMILES string of the molecule is Cc1ccc(C)n1S(=O)(=O)c1ccc(-c2c(-c3ccc(Cl)nc3)nn3ccccc23)cc1. The van der Waals surface area contributed by atoms with Gasteiger partial charge in [0.2, 0.25) is 0 Å². The van der Waals surface area contributed by atoms with E-state index in [0.717, 1.165) is 27.9 Å². The van der Waals surface area contributed by atoms with Gasteiger partial charge in [0.05, 0.1) is 10.4 Å². The molecular weight excluding hydrogens is 444 g/mol. The topological polar surface area (TPSA) is 69.3 Å². The van der Waals surface area contributed by atoms with Gasteiger partial charge in [0.15, 0.2) is 0 Å². The van der Waals surface area contributed by atoms with E-state index in [1.807, 2.05) is 42.6 Å². The van der Waals surface area contributed by atoms with Gasteiger partial charge in [0, 0.05) is 34.9 Å². The number of benzene rings is 1. The van der Waals surface area contributed by atoms with Crippen LogP contribution >= 0.6 is 11.6 Å². The maximum absolute atomic E-state index is 13.2. The predicted molar refractivity (Wildman–Crippen MR) is 125 cm³/mol. The summed E-state index contributed by atoms with van der Waals surface area (Å²) in [5.74, 6) is 0. The Balaban J connectivity index is 1.65. The summed E-state index contributed by atoms with van der Waals surface area (Å²) in [5, 5.41) is 5.14. The molecule has 0 unspecified atom stereocenters. The molecule has 0 saturated carbocycles. The molecule has 0 aliphatic carbocycles. The van der Waals surface area contributed by atoms with Gasteiger partial charge < -0.3 is 0 Å². The van der Waals surface area contributed by atoms with Gasteiger partial charge in [-0.2, -0.15) is 5.10 Å². The summed E-state index contributed by atoms with van der Waals surface area (Å²) >= 11 is 5.96. The molecule has 0 bridgehead atoms. The first-order valence-corrected chi connectivity index (χ1v) is 11.8. The third kappa shape index (κ3) is 3.30. The van der Waals surface area contributed by atoms with Gasteiger partial charge in [-0.05, 0) is 67.9 Å². The van der Waals surface area contributed by atoms with Crippen LogP contribution in [-0.2, 0) is 10.0 Å². The highest BCUT2D eigenvalue weighted by molar-refractivity contribution is 7.90. The lowest BCUT2D eigenvalue weighted by Gasteiger charge is -2.11. The fraction of sp³-hybridized carbons (Fsp3) is 0.0833. The van der Waals surface area contributed by atoms with E-state index in [-0.39, 0.29) is 4.90 Å². The first kappa shape index (κ1) is 20.5. The highest BCUT2D eigenvalue weighted by Gasteiger charge is 2.22. The van der Waals surface area contributed by atoms with E-state index in [0.29, 0.717) is 16.5 Å². The van der Waals surface area contributed by atoms with Gasteiger partial charge in [0.25, 0.3) is 10.0 Å². The summed E-state index contributed by atoms with van der Waals surface area (Å²) in [4.78, 5) is 4.42. The Morgan fingerprint density at radius 3 is 2.19 bits per heavy atom. The van der Waals surface area contributed by atoms with Crippen LogP contribution in [0.15, 0.2) is 84.0 Å². The fourth-order valence-corrected chi connectivity index (χ4v) is 5.62. The van der Waals surface area contributed by atoms with Crippen LogP contribution in [0.25, 0.3) is 27.9 Å². The molecule has 0 fully saturated rings. The molecule has 4 heterocycles. The number of rotatable bonds is 4. The molecule has 0 spiro atoms. The van der Waals surface area contributed by atoms with Gasteiger partial charge >= 0.3 is 0 Å². The van der Waals surface area contributed by atoms with Crippen LogP contribution in [0.1, 0.15) is 11.4 Å². The van der Waals surface area contributed by atoms with Gasteiger partial charge in [-0.15, -0.1) is 0 Å². The van der Waals surface area contributed by atoms with Crippen LogP contribution in [0, 0.1) is 13.8 Å². The Hall–Kier alpha value is -3.42. The maximum Gasteiger partial charge on any atom is 0.268 e. The first-order chi connectivity index (χ1) is 15.4. The number of aryl methyl sites for hydroxylation is 2. The lowest BCUT2D eigenvalue weighted by Crippen LogP contribution is -2.15. The number of aromatic nitrogens is 4. The van der Waals surface area contributed by atoms with E-state index < -0.39 is 10.0 Å². The molecule has 8 heteroatoms. The van der Waals surface area contributed by atoms with Crippen molar-refractivity contribution in [3.8, 4) is 22.4 Å². The molecule has 0 amide bonds. The van der Waals surface area contributed by atoms with Gasteiger partial charge in [0.1, 0.15) is 10.8 Å². The summed E-state index contributed by atoms with van der Waals surface area (Å²) in [5.41, 5.74) is 5.57.